The van der Waals surface area contributed by atoms with E-state index in [0.29, 0.717) is 0 Å². The number of nitrogens with zero attached hydrogens (tertiary/aromatic N) is 1. The standard InChI is InChI=1S/C16H17N/c1-12-7-3-5-9-14(12)16-11-13-8-4-6-10-15(13)17(16)2/h4,6,8-11H,1,3,5,7H2,2H3. The number of benzene rings is 1. The van der Waals surface area contributed by atoms with E-state index in [0.717, 1.165) is 6.42 Å². The van der Waals surface area contributed by atoms with E-state index in [9.17, 15) is 0 Å². The van der Waals surface area contributed by atoms with E-state index in [1.807, 2.05) is 0 Å². The molecule has 1 aliphatic rings. The Morgan fingerprint density at radius 3 is 2.82 bits per heavy atom. The van der Waals surface area contributed by atoms with Gasteiger partial charge in [-0.15, -0.1) is 0 Å². The van der Waals surface area contributed by atoms with Crippen molar-refractivity contribution in [2.24, 2.45) is 7.05 Å². The lowest BCUT2D eigenvalue weighted by Gasteiger charge is -2.16. The molecule has 3 rings (SSSR count). The molecule has 1 aromatic heterocycles. The summed E-state index contributed by atoms with van der Waals surface area (Å²) in [6, 6.07) is 10.8. The number of aromatic nitrogens is 1. The molecule has 2 aromatic rings. The van der Waals surface area contributed by atoms with Crippen molar-refractivity contribution in [1.29, 1.82) is 0 Å². The Labute approximate surface area is 102 Å². The normalized spacial score (nSPS) is 16.3. The van der Waals surface area contributed by atoms with Gasteiger partial charge in [0.15, 0.2) is 0 Å². The van der Waals surface area contributed by atoms with Gasteiger partial charge < -0.3 is 4.57 Å². The molecule has 0 saturated carbocycles. The van der Waals surface area contributed by atoms with E-state index >= 15 is 0 Å². The molecule has 0 bridgehead atoms. The predicted molar refractivity (Wildman–Crippen MR) is 73.9 cm³/mol. The quantitative estimate of drug-likeness (QED) is 0.679. The Morgan fingerprint density at radius 2 is 2.06 bits per heavy atom. The molecule has 1 aliphatic carbocycles. The van der Waals surface area contributed by atoms with Gasteiger partial charge in [-0.3, -0.25) is 0 Å². The molecule has 86 valence electrons. The highest BCUT2D eigenvalue weighted by Gasteiger charge is 2.14. The van der Waals surface area contributed by atoms with Gasteiger partial charge in [0.05, 0.1) is 0 Å². The number of aryl methyl sites for hydroxylation is 1. The highest BCUT2D eigenvalue weighted by molar-refractivity contribution is 5.89. The molecule has 0 saturated heterocycles. The molecule has 0 N–H and O–H groups in total. The maximum absolute atomic E-state index is 4.20. The zero-order valence-corrected chi connectivity index (χ0v) is 10.2. The van der Waals surface area contributed by atoms with Crippen LogP contribution in [0.1, 0.15) is 25.0 Å². The van der Waals surface area contributed by atoms with Crippen LogP contribution < -0.4 is 0 Å². The summed E-state index contributed by atoms with van der Waals surface area (Å²) in [5, 5.41) is 1.31. The molecule has 0 spiro atoms. The summed E-state index contributed by atoms with van der Waals surface area (Å²) in [5.74, 6) is 0. The molecule has 1 nitrogen and oxygen atoms in total. The molecule has 0 fully saturated rings. The molecule has 0 atom stereocenters. The second-order valence-corrected chi connectivity index (χ2v) is 4.76. The minimum absolute atomic E-state index is 1.13. The summed E-state index contributed by atoms with van der Waals surface area (Å²) in [6.07, 6.45) is 5.88. The molecule has 1 aromatic carbocycles. The van der Waals surface area contributed by atoms with Crippen LogP contribution in [-0.2, 0) is 7.05 Å². The minimum atomic E-state index is 1.13. The van der Waals surface area contributed by atoms with Crippen LogP contribution in [0.3, 0.4) is 0 Å². The molecule has 1 heteroatoms. The van der Waals surface area contributed by atoms with Gasteiger partial charge in [0.1, 0.15) is 0 Å². The van der Waals surface area contributed by atoms with Crippen molar-refractivity contribution in [3.05, 3.63) is 54.3 Å². The number of rotatable bonds is 1. The Bertz CT molecular complexity index is 613. The Balaban J connectivity index is 2.21. The summed E-state index contributed by atoms with van der Waals surface area (Å²) >= 11 is 0. The Kier molecular flexibility index (Phi) is 2.40. The fourth-order valence-electron chi connectivity index (χ4n) is 2.67. The van der Waals surface area contributed by atoms with Crippen molar-refractivity contribution in [3.63, 3.8) is 0 Å². The highest BCUT2D eigenvalue weighted by Crippen LogP contribution is 2.33. The van der Waals surface area contributed by atoms with Gasteiger partial charge in [-0.1, -0.05) is 30.9 Å². The van der Waals surface area contributed by atoms with Gasteiger partial charge >= 0.3 is 0 Å². The van der Waals surface area contributed by atoms with Crippen molar-refractivity contribution in [2.75, 3.05) is 0 Å². The van der Waals surface area contributed by atoms with Gasteiger partial charge in [0.2, 0.25) is 0 Å². The SMILES string of the molecule is C=C1CCCC=C1c1cc2ccccc2n1C. The maximum Gasteiger partial charge on any atom is 0.0487 e. The second kappa shape index (κ2) is 3.92. The van der Waals surface area contributed by atoms with Crippen LogP contribution in [0.15, 0.2) is 48.6 Å². The van der Waals surface area contributed by atoms with E-state index < -0.39 is 0 Å². The lowest BCUT2D eigenvalue weighted by atomic mass is 9.92. The van der Waals surface area contributed by atoms with Crippen LogP contribution in [0.25, 0.3) is 16.5 Å². The van der Waals surface area contributed by atoms with Gasteiger partial charge in [-0.05, 0) is 42.5 Å². The Morgan fingerprint density at radius 1 is 1.24 bits per heavy atom. The van der Waals surface area contributed by atoms with E-state index in [-0.39, 0.29) is 0 Å². The third-order valence-electron chi connectivity index (χ3n) is 3.64. The first kappa shape index (κ1) is 10.4. The first-order valence-corrected chi connectivity index (χ1v) is 6.20. The van der Waals surface area contributed by atoms with Crippen LogP contribution in [-0.4, -0.2) is 4.57 Å². The highest BCUT2D eigenvalue weighted by atomic mass is 14.9. The average Bonchev–Trinajstić information content (AvgIpc) is 2.68. The van der Waals surface area contributed by atoms with Crippen LogP contribution >= 0.6 is 0 Å². The Hall–Kier alpha value is -1.76. The minimum Gasteiger partial charge on any atom is -0.344 e. The van der Waals surface area contributed by atoms with E-state index in [4.69, 9.17) is 0 Å². The average molecular weight is 223 g/mol. The van der Waals surface area contributed by atoms with Gasteiger partial charge in [0, 0.05) is 23.6 Å². The summed E-state index contributed by atoms with van der Waals surface area (Å²) in [4.78, 5) is 0. The summed E-state index contributed by atoms with van der Waals surface area (Å²) < 4.78 is 2.28. The first-order valence-electron chi connectivity index (χ1n) is 6.20. The van der Waals surface area contributed by atoms with Gasteiger partial charge in [-0.2, -0.15) is 0 Å². The van der Waals surface area contributed by atoms with Crippen molar-refractivity contribution in [1.82, 2.24) is 4.57 Å². The molecule has 0 aliphatic heterocycles. The number of para-hydroxylation sites is 1. The fraction of sp³-hybridized carbons (Fsp3) is 0.250. The zero-order valence-electron chi connectivity index (χ0n) is 10.2. The summed E-state index contributed by atoms with van der Waals surface area (Å²) in [6.45, 7) is 4.20. The molecule has 0 unspecified atom stereocenters. The topological polar surface area (TPSA) is 4.93 Å². The number of allylic oxidation sites excluding steroid dienone is 3. The van der Waals surface area contributed by atoms with Crippen molar-refractivity contribution in [3.8, 4) is 0 Å². The summed E-state index contributed by atoms with van der Waals surface area (Å²) in [7, 11) is 2.14. The molecule has 0 radical (unpaired) electrons. The monoisotopic (exact) mass is 223 g/mol. The first-order chi connectivity index (χ1) is 8.27. The fourth-order valence-corrected chi connectivity index (χ4v) is 2.67. The van der Waals surface area contributed by atoms with Gasteiger partial charge in [-0.25, -0.2) is 0 Å². The molecule has 1 heterocycles. The van der Waals surface area contributed by atoms with Crippen molar-refractivity contribution >= 4 is 16.5 Å². The predicted octanol–water partition coefficient (Wildman–Crippen LogP) is 4.30. The molecular weight excluding hydrogens is 206 g/mol. The van der Waals surface area contributed by atoms with Crippen LogP contribution in [0, 0.1) is 0 Å². The van der Waals surface area contributed by atoms with E-state index in [1.165, 1.54) is 40.6 Å². The lowest BCUT2D eigenvalue weighted by Crippen LogP contribution is -2.00. The van der Waals surface area contributed by atoms with Crippen LogP contribution in [0.5, 0.6) is 0 Å². The zero-order chi connectivity index (χ0) is 11.8. The second-order valence-electron chi connectivity index (χ2n) is 4.76. The maximum atomic E-state index is 4.20. The number of hydrogen-bond donors (Lipinski definition) is 0. The van der Waals surface area contributed by atoms with Crippen LogP contribution in [0.4, 0.5) is 0 Å². The van der Waals surface area contributed by atoms with E-state index in [2.05, 4.69) is 54.6 Å². The van der Waals surface area contributed by atoms with E-state index in [1.54, 1.807) is 0 Å². The molecule has 0 amide bonds. The smallest absolute Gasteiger partial charge is 0.0487 e. The lowest BCUT2D eigenvalue weighted by molar-refractivity contribution is 0.822. The number of fused-ring (bicyclic) bond motifs is 1. The molecule has 17 heavy (non-hydrogen) atoms. The summed E-state index contributed by atoms with van der Waals surface area (Å²) in [5.41, 5.74) is 5.22. The molecular formula is C16H17N. The third kappa shape index (κ3) is 1.62. The van der Waals surface area contributed by atoms with Crippen LogP contribution in [0.2, 0.25) is 0 Å². The van der Waals surface area contributed by atoms with Crippen molar-refractivity contribution < 1.29 is 0 Å². The number of hydrogen-bond acceptors (Lipinski definition) is 0. The largest absolute Gasteiger partial charge is 0.344 e. The van der Waals surface area contributed by atoms with Gasteiger partial charge in [0.25, 0.3) is 0 Å². The van der Waals surface area contributed by atoms with Crippen molar-refractivity contribution in [2.45, 2.75) is 19.3 Å². The third-order valence-corrected chi connectivity index (χ3v) is 3.64.